The maximum absolute atomic E-state index is 11.8. The van der Waals surface area contributed by atoms with Gasteiger partial charge in [-0.25, -0.2) is 0 Å². The van der Waals surface area contributed by atoms with E-state index < -0.39 is 0 Å². The summed E-state index contributed by atoms with van der Waals surface area (Å²) in [6.07, 6.45) is 0.594. The van der Waals surface area contributed by atoms with Crippen LogP contribution in [0.5, 0.6) is 5.75 Å². The summed E-state index contributed by atoms with van der Waals surface area (Å²) in [4.78, 5) is 11.8. The summed E-state index contributed by atoms with van der Waals surface area (Å²) in [6, 6.07) is 14.0. The van der Waals surface area contributed by atoms with Gasteiger partial charge in [0.1, 0.15) is 11.8 Å². The highest BCUT2D eigenvalue weighted by atomic mass is 35.5. The van der Waals surface area contributed by atoms with Crippen LogP contribution in [0, 0.1) is 11.3 Å². The Hall–Kier alpha value is -2.22. The Balaban J connectivity index is 1.78. The van der Waals surface area contributed by atoms with Crippen LogP contribution in [0.2, 0.25) is 10.0 Å². The summed E-state index contributed by atoms with van der Waals surface area (Å²) in [5.41, 5.74) is 1.31. The zero-order valence-corrected chi connectivity index (χ0v) is 13.7. The summed E-state index contributed by atoms with van der Waals surface area (Å²) in [5, 5.41) is 12.8. The van der Waals surface area contributed by atoms with E-state index in [1.165, 1.54) is 0 Å². The molecule has 2 rings (SSSR count). The number of nitrogens with zero attached hydrogens (tertiary/aromatic N) is 1. The predicted molar refractivity (Wildman–Crippen MR) is 89.8 cm³/mol. The summed E-state index contributed by atoms with van der Waals surface area (Å²) in [5.74, 6) is 0.133. The van der Waals surface area contributed by atoms with E-state index in [-0.39, 0.29) is 12.5 Å². The quantitative estimate of drug-likeness (QED) is 0.867. The van der Waals surface area contributed by atoms with Gasteiger partial charge in [0.05, 0.1) is 5.56 Å². The van der Waals surface area contributed by atoms with E-state index in [2.05, 4.69) is 5.32 Å². The molecule has 0 unspecified atom stereocenters. The summed E-state index contributed by atoms with van der Waals surface area (Å²) >= 11 is 11.9. The van der Waals surface area contributed by atoms with Crippen molar-refractivity contribution in [2.75, 3.05) is 13.2 Å². The number of carbonyl (C=O) groups excluding carboxylic acids is 1. The molecule has 0 fully saturated rings. The first-order valence-corrected chi connectivity index (χ1v) is 7.68. The maximum Gasteiger partial charge on any atom is 0.257 e. The first kappa shape index (κ1) is 17.1. The lowest BCUT2D eigenvalue weighted by Crippen LogP contribution is -2.30. The molecular weight excluding hydrogens is 335 g/mol. The maximum atomic E-state index is 11.8. The molecule has 2 aromatic carbocycles. The fraction of sp³-hybridized carbons (Fsp3) is 0.176. The normalized spacial score (nSPS) is 9.96. The Morgan fingerprint density at radius 3 is 2.74 bits per heavy atom. The fourth-order valence-corrected chi connectivity index (χ4v) is 2.44. The largest absolute Gasteiger partial charge is 0.482 e. The fourth-order valence-electron chi connectivity index (χ4n) is 1.94. The van der Waals surface area contributed by atoms with Gasteiger partial charge in [-0.3, -0.25) is 4.79 Å². The molecule has 23 heavy (non-hydrogen) atoms. The minimum atomic E-state index is -0.261. The molecule has 4 nitrogen and oxygen atoms in total. The number of hydrogen-bond acceptors (Lipinski definition) is 3. The number of carbonyl (C=O) groups is 1. The predicted octanol–water partition coefficient (Wildman–Crippen LogP) is 3.60. The van der Waals surface area contributed by atoms with Gasteiger partial charge in [-0.1, -0.05) is 41.4 Å². The molecule has 0 aromatic heterocycles. The number of nitriles is 1. The molecule has 1 amide bonds. The van der Waals surface area contributed by atoms with Crippen LogP contribution in [-0.2, 0) is 11.2 Å². The highest BCUT2D eigenvalue weighted by Gasteiger charge is 2.07. The second kappa shape index (κ2) is 8.42. The third kappa shape index (κ3) is 5.17. The van der Waals surface area contributed by atoms with Crippen molar-refractivity contribution in [2.45, 2.75) is 6.42 Å². The third-order valence-electron chi connectivity index (χ3n) is 3.10. The van der Waals surface area contributed by atoms with E-state index in [1.807, 2.05) is 12.1 Å². The number of ether oxygens (including phenoxy) is 1. The van der Waals surface area contributed by atoms with Gasteiger partial charge in [0, 0.05) is 16.6 Å². The zero-order valence-electron chi connectivity index (χ0n) is 12.2. The van der Waals surface area contributed by atoms with Gasteiger partial charge in [-0.15, -0.1) is 0 Å². The molecule has 6 heteroatoms. The first-order chi connectivity index (χ1) is 11.1. The van der Waals surface area contributed by atoms with Gasteiger partial charge in [0.25, 0.3) is 5.91 Å². The highest BCUT2D eigenvalue weighted by Crippen LogP contribution is 2.21. The van der Waals surface area contributed by atoms with Crippen LogP contribution < -0.4 is 10.1 Å². The van der Waals surface area contributed by atoms with E-state index in [9.17, 15) is 4.79 Å². The van der Waals surface area contributed by atoms with Crippen LogP contribution in [0.25, 0.3) is 0 Å². The Labute approximate surface area is 144 Å². The minimum absolute atomic E-state index is 0.146. The van der Waals surface area contributed by atoms with Crippen molar-refractivity contribution >= 4 is 29.1 Å². The van der Waals surface area contributed by atoms with Gasteiger partial charge >= 0.3 is 0 Å². The molecule has 0 aliphatic carbocycles. The van der Waals surface area contributed by atoms with Gasteiger partial charge in [0.2, 0.25) is 0 Å². The number of hydrogen-bond donors (Lipinski definition) is 1. The molecular formula is C17H14Cl2N2O2. The van der Waals surface area contributed by atoms with E-state index in [1.54, 1.807) is 36.4 Å². The molecule has 2 aromatic rings. The lowest BCUT2D eigenvalue weighted by atomic mass is 10.1. The minimum Gasteiger partial charge on any atom is -0.482 e. The van der Waals surface area contributed by atoms with Crippen LogP contribution in [0.1, 0.15) is 11.1 Å². The van der Waals surface area contributed by atoms with Crippen molar-refractivity contribution in [3.8, 4) is 11.8 Å². The first-order valence-electron chi connectivity index (χ1n) is 6.92. The van der Waals surface area contributed by atoms with Crippen molar-refractivity contribution in [3.05, 3.63) is 63.6 Å². The van der Waals surface area contributed by atoms with Crippen molar-refractivity contribution in [1.29, 1.82) is 5.26 Å². The summed E-state index contributed by atoms with van der Waals surface area (Å²) in [7, 11) is 0. The summed E-state index contributed by atoms with van der Waals surface area (Å²) in [6.45, 7) is 0.288. The molecule has 0 aliphatic rings. The third-order valence-corrected chi connectivity index (χ3v) is 3.68. The topological polar surface area (TPSA) is 62.1 Å². The molecule has 1 N–H and O–H groups in total. The molecule has 118 valence electrons. The number of halogens is 2. The number of rotatable bonds is 6. The lowest BCUT2D eigenvalue weighted by Gasteiger charge is -2.09. The molecule has 0 bridgehead atoms. The lowest BCUT2D eigenvalue weighted by molar-refractivity contribution is -0.123. The second-order valence-electron chi connectivity index (χ2n) is 4.73. The van der Waals surface area contributed by atoms with Crippen molar-refractivity contribution in [3.63, 3.8) is 0 Å². The van der Waals surface area contributed by atoms with Crippen LogP contribution in [0.3, 0.4) is 0 Å². The van der Waals surface area contributed by atoms with Gasteiger partial charge in [-0.2, -0.15) is 5.26 Å². The average Bonchev–Trinajstić information content (AvgIpc) is 2.55. The Bertz CT molecular complexity index is 742. The van der Waals surface area contributed by atoms with E-state index >= 15 is 0 Å². The van der Waals surface area contributed by atoms with E-state index in [4.69, 9.17) is 33.2 Å². The van der Waals surface area contributed by atoms with Crippen molar-refractivity contribution < 1.29 is 9.53 Å². The standard InChI is InChI=1S/C17H14Cl2N2O2/c18-14-6-5-12(15(19)9-14)7-8-21-17(22)11-23-16-4-2-1-3-13(16)10-20/h1-6,9H,7-8,11H2,(H,21,22). The number of nitrogens with one attached hydrogen (secondary N) is 1. The Kier molecular flexibility index (Phi) is 6.28. The molecule has 0 atom stereocenters. The number of para-hydroxylation sites is 1. The Morgan fingerprint density at radius 2 is 2.00 bits per heavy atom. The van der Waals surface area contributed by atoms with Gasteiger partial charge < -0.3 is 10.1 Å². The molecule has 0 aliphatic heterocycles. The molecule has 0 saturated heterocycles. The molecule has 0 saturated carbocycles. The van der Waals surface area contributed by atoms with Crippen LogP contribution in [0.15, 0.2) is 42.5 Å². The average molecular weight is 349 g/mol. The van der Waals surface area contributed by atoms with E-state index in [0.29, 0.717) is 34.3 Å². The second-order valence-corrected chi connectivity index (χ2v) is 5.58. The molecule has 0 spiro atoms. The van der Waals surface area contributed by atoms with E-state index in [0.717, 1.165) is 5.56 Å². The SMILES string of the molecule is N#Cc1ccccc1OCC(=O)NCCc1ccc(Cl)cc1Cl. The van der Waals surface area contributed by atoms with Crippen LogP contribution in [-0.4, -0.2) is 19.1 Å². The number of benzene rings is 2. The monoisotopic (exact) mass is 348 g/mol. The van der Waals surface area contributed by atoms with Crippen molar-refractivity contribution in [1.82, 2.24) is 5.32 Å². The number of amides is 1. The zero-order chi connectivity index (χ0) is 16.7. The van der Waals surface area contributed by atoms with Crippen LogP contribution in [0.4, 0.5) is 0 Å². The highest BCUT2D eigenvalue weighted by molar-refractivity contribution is 6.35. The molecule has 0 heterocycles. The van der Waals surface area contributed by atoms with Gasteiger partial charge in [0.15, 0.2) is 6.61 Å². The Morgan fingerprint density at radius 1 is 1.22 bits per heavy atom. The van der Waals surface area contributed by atoms with Gasteiger partial charge in [-0.05, 0) is 36.2 Å². The van der Waals surface area contributed by atoms with Crippen molar-refractivity contribution in [2.24, 2.45) is 0 Å². The van der Waals surface area contributed by atoms with Crippen LogP contribution >= 0.6 is 23.2 Å². The summed E-state index contributed by atoms with van der Waals surface area (Å²) < 4.78 is 5.35. The smallest absolute Gasteiger partial charge is 0.257 e. The molecule has 0 radical (unpaired) electrons.